The fourth-order valence-electron chi connectivity index (χ4n) is 3.71. The van der Waals surface area contributed by atoms with Gasteiger partial charge in [-0.1, -0.05) is 29.8 Å². The number of hydrogen-bond donors (Lipinski definition) is 0. The highest BCUT2D eigenvalue weighted by Crippen LogP contribution is 2.18. The largest absolute Gasteiger partial charge is 0.353 e. The average molecular weight is 410 g/mol. The first-order valence-corrected chi connectivity index (χ1v) is 10.1. The molecule has 0 aliphatic carbocycles. The van der Waals surface area contributed by atoms with Gasteiger partial charge in [0.05, 0.1) is 12.2 Å². The number of nitrogens with zero attached hydrogens (tertiary/aromatic N) is 5. The molecule has 0 atom stereocenters. The molecule has 7 heteroatoms. The smallest absolute Gasteiger partial charge is 0.253 e. The van der Waals surface area contributed by atoms with Gasteiger partial charge in [-0.2, -0.15) is 5.10 Å². The van der Waals surface area contributed by atoms with E-state index in [9.17, 15) is 4.79 Å². The van der Waals surface area contributed by atoms with Crippen LogP contribution in [0.4, 0.5) is 5.82 Å². The molecule has 150 valence electrons. The molecule has 2 aromatic heterocycles. The number of aromatic nitrogens is 3. The third kappa shape index (κ3) is 4.43. The molecule has 0 N–H and O–H groups in total. The molecule has 6 nitrogen and oxygen atoms in total. The monoisotopic (exact) mass is 409 g/mol. The van der Waals surface area contributed by atoms with Gasteiger partial charge in [0.1, 0.15) is 11.0 Å². The van der Waals surface area contributed by atoms with Gasteiger partial charge in [0.25, 0.3) is 5.91 Å². The zero-order chi connectivity index (χ0) is 20.4. The van der Waals surface area contributed by atoms with Crippen molar-refractivity contribution in [2.45, 2.75) is 20.4 Å². The lowest BCUT2D eigenvalue weighted by Gasteiger charge is -2.35. The van der Waals surface area contributed by atoms with Crippen molar-refractivity contribution in [3.63, 3.8) is 0 Å². The fourth-order valence-corrected chi connectivity index (χ4v) is 3.86. The maximum Gasteiger partial charge on any atom is 0.253 e. The summed E-state index contributed by atoms with van der Waals surface area (Å²) in [6.45, 7) is 7.50. The maximum atomic E-state index is 13.0. The molecule has 29 heavy (non-hydrogen) atoms. The van der Waals surface area contributed by atoms with Crippen LogP contribution in [0.2, 0.25) is 5.15 Å². The third-order valence-corrected chi connectivity index (χ3v) is 5.41. The van der Waals surface area contributed by atoms with E-state index in [1.165, 1.54) is 0 Å². The maximum absolute atomic E-state index is 13.0. The zero-order valence-electron chi connectivity index (χ0n) is 16.7. The summed E-state index contributed by atoms with van der Waals surface area (Å²) in [4.78, 5) is 21.5. The van der Waals surface area contributed by atoms with Crippen LogP contribution < -0.4 is 4.90 Å². The molecule has 0 saturated carbocycles. The van der Waals surface area contributed by atoms with Gasteiger partial charge in [-0.05, 0) is 49.7 Å². The summed E-state index contributed by atoms with van der Waals surface area (Å²) in [5.41, 5.74) is 3.91. The van der Waals surface area contributed by atoms with Crippen molar-refractivity contribution in [1.82, 2.24) is 19.7 Å². The molecule has 1 saturated heterocycles. The highest BCUT2D eigenvalue weighted by molar-refractivity contribution is 6.29. The van der Waals surface area contributed by atoms with Crippen molar-refractivity contribution in [2.75, 3.05) is 31.1 Å². The highest BCUT2D eigenvalue weighted by Gasteiger charge is 2.23. The molecule has 0 radical (unpaired) electrons. The van der Waals surface area contributed by atoms with Crippen LogP contribution in [0.25, 0.3) is 0 Å². The second-order valence-corrected chi connectivity index (χ2v) is 7.77. The van der Waals surface area contributed by atoms with E-state index in [-0.39, 0.29) is 5.91 Å². The van der Waals surface area contributed by atoms with Crippen LogP contribution in [0.5, 0.6) is 0 Å². The van der Waals surface area contributed by atoms with Gasteiger partial charge in [0.15, 0.2) is 0 Å². The number of aryl methyl sites for hydroxylation is 2. The summed E-state index contributed by atoms with van der Waals surface area (Å²) in [7, 11) is 0. The van der Waals surface area contributed by atoms with Gasteiger partial charge in [-0.3, -0.25) is 9.48 Å². The highest BCUT2D eigenvalue weighted by atomic mass is 35.5. The number of anilines is 1. The molecule has 1 aliphatic rings. The number of halogens is 1. The van der Waals surface area contributed by atoms with Gasteiger partial charge >= 0.3 is 0 Å². The van der Waals surface area contributed by atoms with Crippen molar-refractivity contribution >= 4 is 23.3 Å². The van der Waals surface area contributed by atoms with Gasteiger partial charge in [0.2, 0.25) is 0 Å². The first-order chi connectivity index (χ1) is 14.0. The van der Waals surface area contributed by atoms with Crippen molar-refractivity contribution in [2.24, 2.45) is 0 Å². The van der Waals surface area contributed by atoms with E-state index in [4.69, 9.17) is 11.6 Å². The number of carbonyl (C=O) groups is 1. The molecule has 0 spiro atoms. The lowest BCUT2D eigenvalue weighted by Crippen LogP contribution is -2.49. The lowest BCUT2D eigenvalue weighted by molar-refractivity contribution is 0.0746. The summed E-state index contributed by atoms with van der Waals surface area (Å²) in [5, 5.41) is 5.00. The van der Waals surface area contributed by atoms with Crippen LogP contribution >= 0.6 is 11.6 Å². The topological polar surface area (TPSA) is 54.3 Å². The minimum Gasteiger partial charge on any atom is -0.353 e. The van der Waals surface area contributed by atoms with E-state index in [0.717, 1.165) is 41.4 Å². The number of amides is 1. The Morgan fingerprint density at radius 2 is 1.79 bits per heavy atom. The summed E-state index contributed by atoms with van der Waals surface area (Å²) in [6, 6.07) is 15.5. The quantitative estimate of drug-likeness (QED) is 0.618. The molecule has 1 aromatic carbocycles. The van der Waals surface area contributed by atoms with Crippen molar-refractivity contribution in [3.05, 3.63) is 76.2 Å². The van der Waals surface area contributed by atoms with Gasteiger partial charge in [-0.15, -0.1) is 0 Å². The van der Waals surface area contributed by atoms with Crippen molar-refractivity contribution < 1.29 is 4.79 Å². The van der Waals surface area contributed by atoms with Crippen LogP contribution in [0.15, 0.2) is 48.5 Å². The Bertz CT molecular complexity index is 1020. The predicted molar refractivity (Wildman–Crippen MR) is 115 cm³/mol. The van der Waals surface area contributed by atoms with Gasteiger partial charge in [0, 0.05) is 37.4 Å². The summed E-state index contributed by atoms with van der Waals surface area (Å²) in [5.74, 6) is 0.926. The second kappa shape index (κ2) is 8.25. The Kier molecular flexibility index (Phi) is 5.53. The van der Waals surface area contributed by atoms with Crippen LogP contribution in [0.1, 0.15) is 27.3 Å². The normalized spacial score (nSPS) is 14.3. The summed E-state index contributed by atoms with van der Waals surface area (Å²) in [6.07, 6.45) is 0. The Hall–Kier alpha value is -2.86. The van der Waals surface area contributed by atoms with E-state index in [1.807, 2.05) is 59.8 Å². The van der Waals surface area contributed by atoms with E-state index in [2.05, 4.69) is 21.0 Å². The van der Waals surface area contributed by atoms with Gasteiger partial charge in [-0.25, -0.2) is 4.98 Å². The molecule has 4 rings (SSSR count). The molecule has 3 heterocycles. The molecule has 1 fully saturated rings. The molecule has 3 aromatic rings. The van der Waals surface area contributed by atoms with Crippen LogP contribution in [-0.2, 0) is 6.54 Å². The first-order valence-electron chi connectivity index (χ1n) is 9.76. The summed E-state index contributed by atoms with van der Waals surface area (Å²) >= 11 is 6.00. The number of rotatable bonds is 4. The minimum atomic E-state index is 0.0684. The minimum absolute atomic E-state index is 0.0684. The van der Waals surface area contributed by atoms with E-state index >= 15 is 0 Å². The molecule has 1 aliphatic heterocycles. The Balaban J connectivity index is 1.42. The number of pyridine rings is 1. The van der Waals surface area contributed by atoms with Crippen molar-refractivity contribution in [3.8, 4) is 0 Å². The zero-order valence-corrected chi connectivity index (χ0v) is 17.4. The third-order valence-electron chi connectivity index (χ3n) is 5.20. The molecule has 0 unspecified atom stereocenters. The second-order valence-electron chi connectivity index (χ2n) is 7.38. The van der Waals surface area contributed by atoms with E-state index < -0.39 is 0 Å². The number of piperazine rings is 1. The van der Waals surface area contributed by atoms with E-state index in [0.29, 0.717) is 24.8 Å². The fraction of sp³-hybridized carbons (Fsp3) is 0.318. The number of hydrogen-bond acceptors (Lipinski definition) is 4. The summed E-state index contributed by atoms with van der Waals surface area (Å²) < 4.78 is 1.97. The Morgan fingerprint density at radius 1 is 1.03 bits per heavy atom. The predicted octanol–water partition coefficient (Wildman–Crippen LogP) is 3.56. The van der Waals surface area contributed by atoms with Crippen LogP contribution in [-0.4, -0.2) is 51.8 Å². The average Bonchev–Trinajstić information content (AvgIpc) is 3.04. The SMILES string of the molecule is Cc1cc(C)n(Cc2cccc(C(=O)N3CCN(c4cccc(Cl)n4)CC3)c2)n1. The van der Waals surface area contributed by atoms with Crippen LogP contribution in [0, 0.1) is 13.8 Å². The molecular weight excluding hydrogens is 386 g/mol. The number of carbonyl (C=O) groups excluding carboxylic acids is 1. The number of benzene rings is 1. The molecule has 1 amide bonds. The van der Waals surface area contributed by atoms with Gasteiger partial charge < -0.3 is 9.80 Å². The lowest BCUT2D eigenvalue weighted by atomic mass is 10.1. The molecular formula is C22H24ClN5O. The van der Waals surface area contributed by atoms with Crippen molar-refractivity contribution in [1.29, 1.82) is 0 Å². The Morgan fingerprint density at radius 3 is 2.48 bits per heavy atom. The molecule has 0 bridgehead atoms. The van der Waals surface area contributed by atoms with Crippen LogP contribution in [0.3, 0.4) is 0 Å². The Labute approximate surface area is 175 Å². The van der Waals surface area contributed by atoms with E-state index in [1.54, 1.807) is 6.07 Å². The standard InChI is InChI=1S/C22H24ClN5O/c1-16-13-17(2)28(25-16)15-18-5-3-6-19(14-18)22(29)27-11-9-26(10-12-27)21-8-4-7-20(23)24-21/h3-8,13-14H,9-12,15H2,1-2H3. The first kappa shape index (κ1) is 19.5.